The number of rotatable bonds is 8. The highest BCUT2D eigenvalue weighted by Gasteiger charge is 2.30. The summed E-state index contributed by atoms with van der Waals surface area (Å²) in [6.07, 6.45) is -4.44. The van der Waals surface area contributed by atoms with E-state index in [2.05, 4.69) is 5.32 Å². The molecule has 0 bridgehead atoms. The number of nitriles is 1. The summed E-state index contributed by atoms with van der Waals surface area (Å²) in [5.41, 5.74) is 1.48. The summed E-state index contributed by atoms with van der Waals surface area (Å²) in [6.45, 7) is 2.73. The van der Waals surface area contributed by atoms with Crippen LogP contribution in [-0.4, -0.2) is 33.2 Å². The maximum atomic E-state index is 13.2. The zero-order valence-electron chi connectivity index (χ0n) is 21.0. The van der Waals surface area contributed by atoms with Crippen LogP contribution in [0.4, 0.5) is 18.9 Å². The van der Waals surface area contributed by atoms with E-state index in [4.69, 9.17) is 4.74 Å². The number of benzene rings is 3. The highest BCUT2D eigenvalue weighted by atomic mass is 32.2. The van der Waals surface area contributed by atoms with Gasteiger partial charge in [-0.15, -0.1) is 0 Å². The van der Waals surface area contributed by atoms with E-state index < -0.39 is 33.5 Å². The number of ether oxygens (including phenoxy) is 1. The van der Waals surface area contributed by atoms with Crippen LogP contribution in [0.5, 0.6) is 5.75 Å². The minimum atomic E-state index is -4.41. The number of anilines is 1. The van der Waals surface area contributed by atoms with Gasteiger partial charge in [0.25, 0.3) is 5.91 Å². The fourth-order valence-corrected chi connectivity index (χ4v) is 5.14. The number of sulfone groups is 1. The minimum Gasteiger partial charge on any atom is -0.490 e. The molecule has 11 heteroatoms. The summed E-state index contributed by atoms with van der Waals surface area (Å²) in [4.78, 5) is 15.3. The van der Waals surface area contributed by atoms with Crippen molar-refractivity contribution in [2.45, 2.75) is 37.0 Å². The van der Waals surface area contributed by atoms with Crippen molar-refractivity contribution in [3.63, 3.8) is 0 Å². The molecule has 4 rings (SSSR count). The molecule has 0 saturated heterocycles. The molecule has 0 aromatic heterocycles. The zero-order valence-corrected chi connectivity index (χ0v) is 21.8. The van der Waals surface area contributed by atoms with Crippen LogP contribution in [0, 0.1) is 11.3 Å². The number of nitrogens with one attached hydrogen (secondary N) is 1. The summed E-state index contributed by atoms with van der Waals surface area (Å²) in [7, 11) is -3.38. The molecule has 39 heavy (non-hydrogen) atoms. The normalized spacial score (nSPS) is 14.1. The maximum absolute atomic E-state index is 13.2. The fourth-order valence-electron chi connectivity index (χ4n) is 4.26. The number of carbonyl (C=O) groups is 1. The van der Waals surface area contributed by atoms with E-state index in [1.807, 2.05) is 11.0 Å². The minimum absolute atomic E-state index is 0.0281. The van der Waals surface area contributed by atoms with Crippen LogP contribution in [0.3, 0.4) is 0 Å². The zero-order chi connectivity index (χ0) is 28.2. The van der Waals surface area contributed by atoms with Gasteiger partial charge in [-0.3, -0.25) is 4.79 Å². The molecule has 1 atom stereocenters. The summed E-state index contributed by atoms with van der Waals surface area (Å²) in [5, 5.41) is 12.2. The van der Waals surface area contributed by atoms with Crippen LogP contribution in [0.25, 0.3) is 0 Å². The molecule has 7 nitrogen and oxygen atoms in total. The van der Waals surface area contributed by atoms with Gasteiger partial charge in [0.05, 0.1) is 47.0 Å². The third-order valence-corrected chi connectivity index (χ3v) is 8.21. The quantitative estimate of drug-likeness (QED) is 0.405. The van der Waals surface area contributed by atoms with Crippen molar-refractivity contribution >= 4 is 21.4 Å². The van der Waals surface area contributed by atoms with E-state index in [-0.39, 0.29) is 17.1 Å². The lowest BCUT2D eigenvalue weighted by Crippen LogP contribution is -2.33. The van der Waals surface area contributed by atoms with Crippen LogP contribution in [0.2, 0.25) is 0 Å². The Kier molecular flexibility index (Phi) is 8.16. The first kappa shape index (κ1) is 28.0. The van der Waals surface area contributed by atoms with Gasteiger partial charge in [0.15, 0.2) is 9.84 Å². The lowest BCUT2D eigenvalue weighted by atomic mass is 10.0. The molecule has 204 valence electrons. The number of hydrogen-bond donors (Lipinski definition) is 1. The predicted molar refractivity (Wildman–Crippen MR) is 139 cm³/mol. The first-order valence-electron chi connectivity index (χ1n) is 12.2. The van der Waals surface area contributed by atoms with Crippen molar-refractivity contribution in [3.05, 3.63) is 89.0 Å². The topological polar surface area (TPSA) is 99.5 Å². The number of nitrogens with zero attached hydrogens (tertiary/aromatic N) is 2. The van der Waals surface area contributed by atoms with E-state index in [9.17, 15) is 31.6 Å². The van der Waals surface area contributed by atoms with Crippen molar-refractivity contribution in [1.82, 2.24) is 5.32 Å². The molecule has 1 aliphatic rings. The molecule has 0 radical (unpaired) electrons. The van der Waals surface area contributed by atoms with Gasteiger partial charge in [-0.05, 0) is 53.6 Å². The smallest absolute Gasteiger partial charge is 0.416 e. The molecule has 1 N–H and O–H groups in total. The number of alkyl halides is 3. The first-order valence-corrected chi connectivity index (χ1v) is 13.9. The van der Waals surface area contributed by atoms with Gasteiger partial charge in [-0.25, -0.2) is 8.42 Å². The van der Waals surface area contributed by atoms with Crippen LogP contribution in [0.1, 0.15) is 46.4 Å². The number of hydrogen-bond acceptors (Lipinski definition) is 6. The van der Waals surface area contributed by atoms with Gasteiger partial charge in [-0.2, -0.15) is 18.4 Å². The molecular weight excluding hydrogens is 531 g/mol. The van der Waals surface area contributed by atoms with Crippen LogP contribution >= 0.6 is 0 Å². The van der Waals surface area contributed by atoms with Crippen molar-refractivity contribution in [3.8, 4) is 11.8 Å². The molecule has 1 unspecified atom stereocenters. The van der Waals surface area contributed by atoms with E-state index in [1.165, 1.54) is 24.3 Å². The maximum Gasteiger partial charge on any atom is 0.416 e. The van der Waals surface area contributed by atoms with Crippen molar-refractivity contribution in [1.29, 1.82) is 5.26 Å². The monoisotopic (exact) mass is 557 g/mol. The third-order valence-electron chi connectivity index (χ3n) is 6.46. The third kappa shape index (κ3) is 6.52. The molecule has 1 amide bonds. The molecule has 1 heterocycles. The Bertz CT molecular complexity index is 1480. The molecular formula is C28H26F3N3O4S. The van der Waals surface area contributed by atoms with Gasteiger partial charge in [0, 0.05) is 12.1 Å². The van der Waals surface area contributed by atoms with Crippen LogP contribution in [0.15, 0.2) is 71.6 Å². The Morgan fingerprint density at radius 1 is 1.10 bits per heavy atom. The second kappa shape index (κ2) is 11.4. The highest BCUT2D eigenvalue weighted by Crippen LogP contribution is 2.34. The van der Waals surface area contributed by atoms with Gasteiger partial charge in [-0.1, -0.05) is 31.2 Å². The Morgan fingerprint density at radius 3 is 2.41 bits per heavy atom. The summed E-state index contributed by atoms with van der Waals surface area (Å²) < 4.78 is 68.7. The average Bonchev–Trinajstić information content (AvgIpc) is 2.92. The van der Waals surface area contributed by atoms with Gasteiger partial charge in [0.1, 0.15) is 12.4 Å². The molecule has 0 saturated carbocycles. The standard InChI is InChI=1S/C28H26F3N3O4S/c1-2-39(36,37)23-10-5-20(6-11-23)24(13-14-32)33-27(35)21-7-12-26-25(17-21)34(15-16-38-26)18-19-3-8-22(9-4-19)28(29,30)31/h3-12,17,24H,2,13,15-16,18H2,1H3,(H,33,35). The Hall–Kier alpha value is -4.04. The lowest BCUT2D eigenvalue weighted by Gasteiger charge is -2.32. The second-order valence-corrected chi connectivity index (χ2v) is 11.3. The first-order chi connectivity index (χ1) is 18.5. The Labute approximate surface area is 224 Å². The molecule has 1 aliphatic heterocycles. The highest BCUT2D eigenvalue weighted by molar-refractivity contribution is 7.91. The summed E-state index contributed by atoms with van der Waals surface area (Å²) in [6, 6.07) is 17.3. The van der Waals surface area contributed by atoms with Gasteiger partial charge < -0.3 is 15.0 Å². The van der Waals surface area contributed by atoms with E-state index in [1.54, 1.807) is 37.3 Å². The molecule has 0 spiro atoms. The van der Waals surface area contributed by atoms with Crippen molar-refractivity contribution < 1.29 is 31.1 Å². The Balaban J connectivity index is 1.53. The number of halogens is 3. The number of amides is 1. The fraction of sp³-hybridized carbons (Fsp3) is 0.286. The molecule has 3 aromatic carbocycles. The van der Waals surface area contributed by atoms with E-state index in [0.717, 1.165) is 12.1 Å². The predicted octanol–water partition coefficient (Wildman–Crippen LogP) is 5.28. The number of carbonyl (C=O) groups excluding carboxylic acids is 1. The van der Waals surface area contributed by atoms with E-state index in [0.29, 0.717) is 47.8 Å². The van der Waals surface area contributed by atoms with Crippen molar-refractivity contribution in [2.75, 3.05) is 23.8 Å². The van der Waals surface area contributed by atoms with Crippen molar-refractivity contribution in [2.24, 2.45) is 0 Å². The summed E-state index contributed by atoms with van der Waals surface area (Å²) >= 11 is 0. The Morgan fingerprint density at radius 2 is 1.79 bits per heavy atom. The molecule has 3 aromatic rings. The van der Waals surface area contributed by atoms with Gasteiger partial charge in [0.2, 0.25) is 0 Å². The van der Waals surface area contributed by atoms with Crippen LogP contribution in [-0.2, 0) is 22.6 Å². The average molecular weight is 558 g/mol. The largest absolute Gasteiger partial charge is 0.490 e. The van der Waals surface area contributed by atoms with Gasteiger partial charge >= 0.3 is 6.18 Å². The van der Waals surface area contributed by atoms with E-state index >= 15 is 0 Å². The molecule has 0 aliphatic carbocycles. The lowest BCUT2D eigenvalue weighted by molar-refractivity contribution is -0.137. The SMILES string of the molecule is CCS(=O)(=O)c1ccc(C(CC#N)NC(=O)c2ccc3c(c2)N(Cc2ccc(C(F)(F)F)cc2)CCO3)cc1. The summed E-state index contributed by atoms with van der Waals surface area (Å²) in [5.74, 6) is 0.0668. The van der Waals surface area contributed by atoms with Crippen LogP contribution < -0.4 is 15.0 Å². The second-order valence-electron chi connectivity index (χ2n) is 9.01. The molecule has 0 fully saturated rings. The number of fused-ring (bicyclic) bond motifs is 1.